The number of halogens is 2. The second kappa shape index (κ2) is 8.38. The minimum absolute atomic E-state index is 0.285. The van der Waals surface area contributed by atoms with Crippen LogP contribution in [0.1, 0.15) is 16.5 Å². The second-order valence-electron chi connectivity index (χ2n) is 6.88. The number of hydrogen-bond donors (Lipinski definition) is 0. The zero-order chi connectivity index (χ0) is 22.2. The highest BCUT2D eigenvalue weighted by atomic mass is 35.5. The molecule has 8 heteroatoms. The first-order chi connectivity index (χ1) is 14.8. The molecule has 1 saturated heterocycles. The first-order valence-electron chi connectivity index (χ1n) is 9.25. The highest BCUT2D eigenvalue weighted by Gasteiger charge is 2.50. The van der Waals surface area contributed by atoms with E-state index in [-0.39, 0.29) is 4.91 Å². The van der Waals surface area contributed by atoms with Crippen molar-refractivity contribution in [1.29, 1.82) is 0 Å². The van der Waals surface area contributed by atoms with Crippen molar-refractivity contribution >= 4 is 50.7 Å². The lowest BCUT2D eigenvalue weighted by molar-refractivity contribution is -0.114. The summed E-state index contributed by atoms with van der Waals surface area (Å²) in [5.74, 6) is 0.0164. The van der Waals surface area contributed by atoms with Crippen LogP contribution >= 0.6 is 23.2 Å². The van der Waals surface area contributed by atoms with Crippen LogP contribution < -0.4 is 9.64 Å². The molecule has 1 fully saturated rings. The Morgan fingerprint density at radius 2 is 1.42 bits per heavy atom. The molecule has 1 unspecified atom stereocenters. The first kappa shape index (κ1) is 21.4. The third-order valence-corrected chi connectivity index (χ3v) is 7.42. The Bertz CT molecular complexity index is 1250. The van der Waals surface area contributed by atoms with E-state index >= 15 is 0 Å². The third-order valence-electron chi connectivity index (χ3n) is 4.94. The summed E-state index contributed by atoms with van der Waals surface area (Å²) in [6.07, 6.45) is 1.38. The quantitative estimate of drug-likeness (QED) is 0.469. The maximum absolute atomic E-state index is 13.6. The van der Waals surface area contributed by atoms with E-state index in [4.69, 9.17) is 27.9 Å². The topological polar surface area (TPSA) is 63.7 Å². The zero-order valence-electron chi connectivity index (χ0n) is 16.3. The number of nitrogens with zero attached hydrogens (tertiary/aromatic N) is 1. The standard InChI is InChI=1S/C23H17Cl2NO4S/c1-30-20-12-2-15(3-13-20)14-21-22(27)26(19-10-8-18(25)9-11-19)23(31(21,28)29)16-4-6-17(24)7-5-16/h2-14,23H,1H3. The van der Waals surface area contributed by atoms with Crippen LogP contribution in [0.2, 0.25) is 10.0 Å². The lowest BCUT2D eigenvalue weighted by Gasteiger charge is -2.23. The van der Waals surface area contributed by atoms with Crippen molar-refractivity contribution in [3.63, 3.8) is 0 Å². The van der Waals surface area contributed by atoms with Crippen molar-refractivity contribution in [3.05, 3.63) is 98.9 Å². The highest BCUT2D eigenvalue weighted by Crippen LogP contribution is 2.43. The van der Waals surface area contributed by atoms with Crippen LogP contribution in [-0.4, -0.2) is 21.4 Å². The summed E-state index contributed by atoms with van der Waals surface area (Å²) < 4.78 is 32.2. The molecule has 1 amide bonds. The fraction of sp³-hybridized carbons (Fsp3) is 0.0870. The molecule has 4 rings (SSSR count). The molecule has 0 N–H and O–H groups in total. The molecule has 158 valence electrons. The molecular weight excluding hydrogens is 457 g/mol. The molecule has 0 spiro atoms. The lowest BCUT2D eigenvalue weighted by Crippen LogP contribution is -2.28. The minimum Gasteiger partial charge on any atom is -0.497 e. The molecule has 1 heterocycles. The highest BCUT2D eigenvalue weighted by molar-refractivity contribution is 7.97. The molecule has 1 aliphatic rings. The molecule has 0 bridgehead atoms. The van der Waals surface area contributed by atoms with E-state index in [9.17, 15) is 13.2 Å². The van der Waals surface area contributed by atoms with Crippen LogP contribution in [0.25, 0.3) is 6.08 Å². The van der Waals surface area contributed by atoms with Gasteiger partial charge in [-0.05, 0) is 65.7 Å². The summed E-state index contributed by atoms with van der Waals surface area (Å²) in [7, 11) is -2.49. The third kappa shape index (κ3) is 4.06. The lowest BCUT2D eigenvalue weighted by atomic mass is 10.1. The average Bonchev–Trinajstić information content (AvgIpc) is 2.96. The molecule has 1 atom stereocenters. The van der Waals surface area contributed by atoms with E-state index in [0.717, 1.165) is 0 Å². The van der Waals surface area contributed by atoms with Gasteiger partial charge in [0.1, 0.15) is 10.7 Å². The summed E-state index contributed by atoms with van der Waals surface area (Å²) >= 11 is 12.0. The van der Waals surface area contributed by atoms with E-state index < -0.39 is 21.1 Å². The fourth-order valence-electron chi connectivity index (χ4n) is 3.41. The molecule has 3 aromatic rings. The fourth-order valence-corrected chi connectivity index (χ4v) is 5.56. The van der Waals surface area contributed by atoms with Gasteiger partial charge in [0.25, 0.3) is 5.91 Å². The van der Waals surface area contributed by atoms with Gasteiger partial charge in [0, 0.05) is 15.7 Å². The van der Waals surface area contributed by atoms with Gasteiger partial charge in [-0.15, -0.1) is 0 Å². The van der Waals surface area contributed by atoms with Crippen LogP contribution in [0.15, 0.2) is 77.7 Å². The predicted octanol–water partition coefficient (Wildman–Crippen LogP) is 5.50. The van der Waals surface area contributed by atoms with Gasteiger partial charge in [-0.25, -0.2) is 8.42 Å². The van der Waals surface area contributed by atoms with E-state index in [1.807, 2.05) is 0 Å². The number of methoxy groups -OCH3 is 1. The maximum Gasteiger partial charge on any atom is 0.271 e. The number of amides is 1. The normalized spacial score (nSPS) is 19.1. The molecular formula is C23H17Cl2NO4S. The van der Waals surface area contributed by atoms with E-state index in [2.05, 4.69) is 0 Å². The molecule has 3 aromatic carbocycles. The number of carbonyl (C=O) groups excluding carboxylic acids is 1. The summed E-state index contributed by atoms with van der Waals surface area (Å²) in [5.41, 5.74) is 1.43. The van der Waals surface area contributed by atoms with E-state index in [0.29, 0.717) is 32.6 Å². The Kier molecular flexibility index (Phi) is 5.79. The van der Waals surface area contributed by atoms with Crippen LogP contribution in [0.4, 0.5) is 5.69 Å². The van der Waals surface area contributed by atoms with Crippen molar-refractivity contribution in [3.8, 4) is 5.75 Å². The minimum atomic E-state index is -4.03. The predicted molar refractivity (Wildman–Crippen MR) is 123 cm³/mol. The summed E-state index contributed by atoms with van der Waals surface area (Å²) in [6.45, 7) is 0. The first-order valence-corrected chi connectivity index (χ1v) is 11.6. The van der Waals surface area contributed by atoms with Gasteiger partial charge in [-0.3, -0.25) is 9.69 Å². The molecule has 0 aromatic heterocycles. The molecule has 5 nitrogen and oxygen atoms in total. The Morgan fingerprint density at radius 1 is 0.871 bits per heavy atom. The van der Waals surface area contributed by atoms with Gasteiger partial charge >= 0.3 is 0 Å². The smallest absolute Gasteiger partial charge is 0.271 e. The molecule has 31 heavy (non-hydrogen) atoms. The molecule has 0 saturated carbocycles. The van der Waals surface area contributed by atoms with Gasteiger partial charge in [0.2, 0.25) is 9.84 Å². The molecule has 0 radical (unpaired) electrons. The summed E-state index contributed by atoms with van der Waals surface area (Å²) in [6, 6.07) is 19.7. The largest absolute Gasteiger partial charge is 0.497 e. The number of carbonyl (C=O) groups is 1. The van der Waals surface area contributed by atoms with Crippen molar-refractivity contribution in [2.75, 3.05) is 12.0 Å². The van der Waals surface area contributed by atoms with Gasteiger partial charge in [0.15, 0.2) is 5.37 Å². The van der Waals surface area contributed by atoms with Gasteiger partial charge < -0.3 is 4.74 Å². The Labute approximate surface area is 190 Å². The maximum atomic E-state index is 13.6. The van der Waals surface area contributed by atoms with Gasteiger partial charge in [-0.2, -0.15) is 0 Å². The van der Waals surface area contributed by atoms with Crippen molar-refractivity contribution in [2.24, 2.45) is 0 Å². The SMILES string of the molecule is COc1ccc(C=C2C(=O)N(c3ccc(Cl)cc3)C(c3ccc(Cl)cc3)S2(=O)=O)cc1. The van der Waals surface area contributed by atoms with Crippen LogP contribution in [0.5, 0.6) is 5.75 Å². The summed E-state index contributed by atoms with van der Waals surface area (Å²) in [4.78, 5) is 14.4. The average molecular weight is 474 g/mol. The number of benzene rings is 3. The van der Waals surface area contributed by atoms with Crippen LogP contribution in [0.3, 0.4) is 0 Å². The zero-order valence-corrected chi connectivity index (χ0v) is 18.7. The number of ether oxygens (including phenoxy) is 1. The Morgan fingerprint density at radius 3 is 1.97 bits per heavy atom. The van der Waals surface area contributed by atoms with Crippen LogP contribution in [-0.2, 0) is 14.6 Å². The Balaban J connectivity index is 1.87. The summed E-state index contributed by atoms with van der Waals surface area (Å²) in [5, 5.41) is -0.268. The number of anilines is 1. The number of hydrogen-bond acceptors (Lipinski definition) is 4. The van der Waals surface area contributed by atoms with Crippen LogP contribution in [0, 0.1) is 0 Å². The van der Waals surface area contributed by atoms with Crippen molar-refractivity contribution in [2.45, 2.75) is 5.37 Å². The molecule has 1 aliphatic heterocycles. The van der Waals surface area contributed by atoms with Crippen molar-refractivity contribution < 1.29 is 17.9 Å². The van der Waals surface area contributed by atoms with Crippen molar-refractivity contribution in [1.82, 2.24) is 0 Å². The Hall–Kier alpha value is -2.80. The van der Waals surface area contributed by atoms with Gasteiger partial charge in [0.05, 0.1) is 7.11 Å². The second-order valence-corrected chi connectivity index (χ2v) is 9.73. The van der Waals surface area contributed by atoms with E-state index in [1.165, 1.54) is 11.0 Å². The number of rotatable bonds is 4. The molecule has 0 aliphatic carbocycles. The van der Waals surface area contributed by atoms with Gasteiger partial charge in [-0.1, -0.05) is 47.5 Å². The monoisotopic (exact) mass is 473 g/mol. The number of sulfone groups is 1. The van der Waals surface area contributed by atoms with E-state index in [1.54, 1.807) is 79.9 Å².